The maximum atomic E-state index is 13.2. The third-order valence-corrected chi connectivity index (χ3v) is 14.7. The molecule has 0 aliphatic heterocycles. The molecule has 2 heterocycles. The number of alkyl halides is 1. The molecule has 0 amide bonds. The Labute approximate surface area is 213 Å². The first-order valence-electron chi connectivity index (χ1n) is 12.2. The van der Waals surface area contributed by atoms with Crippen molar-refractivity contribution in [2.75, 3.05) is 11.9 Å². The monoisotopic (exact) mass is 523 g/mol. The van der Waals surface area contributed by atoms with E-state index < -0.39 is 8.32 Å². The third-order valence-electron chi connectivity index (χ3n) is 7.26. The predicted octanol–water partition coefficient (Wildman–Crippen LogP) is 6.25. The molecule has 0 unspecified atom stereocenters. The van der Waals surface area contributed by atoms with E-state index in [1.54, 1.807) is 6.20 Å². The zero-order valence-corrected chi connectivity index (χ0v) is 23.6. The number of carbonyl (C=O) groups excluding carboxylic acids is 1. The molecule has 3 atom stereocenters. The van der Waals surface area contributed by atoms with Gasteiger partial charge < -0.3 is 14.8 Å². The first-order chi connectivity index (χ1) is 16.1. The topological polar surface area (TPSA) is 84.3 Å². The minimum Gasteiger partial charge on any atom is -0.413 e. The van der Waals surface area contributed by atoms with E-state index in [4.69, 9.17) is 16.0 Å². The summed E-state index contributed by atoms with van der Waals surface area (Å²) in [5, 5.41) is 15.5. The number of nitrogens with one attached hydrogen (secondary N) is 1. The average molecular weight is 524 g/mol. The van der Waals surface area contributed by atoms with Crippen molar-refractivity contribution in [1.82, 2.24) is 9.97 Å². The van der Waals surface area contributed by atoms with Crippen molar-refractivity contribution in [1.29, 1.82) is 0 Å². The first kappa shape index (κ1) is 27.3. The molecule has 1 aliphatic rings. The highest BCUT2D eigenvalue weighted by atomic mass is 35.5. The number of nitrogens with zero attached hydrogens (tertiary/aromatic N) is 2. The third kappa shape index (κ3) is 5.57. The highest BCUT2D eigenvalue weighted by Crippen LogP contribution is 2.46. The van der Waals surface area contributed by atoms with Gasteiger partial charge in [0.2, 0.25) is 14.1 Å². The van der Waals surface area contributed by atoms with Crippen LogP contribution < -0.4 is 5.32 Å². The van der Waals surface area contributed by atoms with Crippen molar-refractivity contribution in [2.45, 2.75) is 89.0 Å². The Morgan fingerprint density at radius 3 is 2.47 bits per heavy atom. The van der Waals surface area contributed by atoms with Crippen LogP contribution in [0.1, 0.15) is 75.2 Å². The molecule has 3 rings (SSSR count). The van der Waals surface area contributed by atoms with Crippen LogP contribution in [0.25, 0.3) is 0 Å². The van der Waals surface area contributed by atoms with E-state index in [-0.39, 0.29) is 30.5 Å². The van der Waals surface area contributed by atoms with Crippen LogP contribution in [0.3, 0.4) is 0 Å². The van der Waals surface area contributed by atoms with Crippen LogP contribution >= 0.6 is 22.9 Å². The van der Waals surface area contributed by atoms with Gasteiger partial charge in [0.15, 0.2) is 0 Å². The van der Waals surface area contributed by atoms with Crippen LogP contribution in [0.5, 0.6) is 0 Å². The van der Waals surface area contributed by atoms with Gasteiger partial charge in [-0.25, -0.2) is 9.97 Å². The number of hydrogen-bond acceptors (Lipinski definition) is 7. The summed E-state index contributed by atoms with van der Waals surface area (Å²) in [4.78, 5) is 22.3. The number of rotatable bonds is 11. The lowest BCUT2D eigenvalue weighted by Crippen LogP contribution is -2.51. The zero-order chi connectivity index (χ0) is 25.0. The smallest absolute Gasteiger partial charge is 0.208 e. The van der Waals surface area contributed by atoms with Crippen molar-refractivity contribution in [3.63, 3.8) is 0 Å². The second kappa shape index (κ2) is 11.6. The summed E-state index contributed by atoms with van der Waals surface area (Å²) in [6.07, 6.45) is 4.56. The van der Waals surface area contributed by atoms with Crippen molar-refractivity contribution in [3.05, 3.63) is 40.0 Å². The molecule has 188 valence electrons. The lowest BCUT2D eigenvalue weighted by Gasteiger charge is -2.45. The fourth-order valence-electron chi connectivity index (χ4n) is 5.71. The fourth-order valence-corrected chi connectivity index (χ4v) is 12.5. The molecule has 0 aromatic carbocycles. The normalized spacial score (nSPS) is 21.1. The van der Waals surface area contributed by atoms with Crippen LogP contribution in [-0.4, -0.2) is 47.9 Å². The van der Waals surface area contributed by atoms with E-state index in [9.17, 15) is 9.90 Å². The molecule has 1 aliphatic carbocycles. The van der Waals surface area contributed by atoms with Crippen LogP contribution in [0, 0.1) is 5.92 Å². The Hall–Kier alpha value is -1.32. The number of carbonyl (C=O) groups is 1. The summed E-state index contributed by atoms with van der Waals surface area (Å²) in [5.74, 6) is 0.855. The van der Waals surface area contributed by atoms with Crippen molar-refractivity contribution < 1.29 is 14.3 Å². The summed E-state index contributed by atoms with van der Waals surface area (Å²) in [6.45, 7) is 13.8. The van der Waals surface area contributed by atoms with Gasteiger partial charge in [-0.1, -0.05) is 41.5 Å². The highest BCUT2D eigenvalue weighted by molar-refractivity contribution is 7.12. The molecule has 0 spiro atoms. The SMILES string of the molecule is CC(C)[Si](O[C@H]1C[C@H](Nc2ncncc2C(=O)c2cc(CCl)cs2)C[C@@H]1CO)(C(C)C)C(C)C. The summed E-state index contributed by atoms with van der Waals surface area (Å²) in [7, 11) is -2.07. The summed E-state index contributed by atoms with van der Waals surface area (Å²) in [6, 6.07) is 1.88. The van der Waals surface area contributed by atoms with Crippen molar-refractivity contribution >= 4 is 42.9 Å². The Morgan fingerprint density at radius 2 is 1.91 bits per heavy atom. The average Bonchev–Trinajstić information content (AvgIpc) is 3.43. The highest BCUT2D eigenvalue weighted by Gasteiger charge is 2.49. The Balaban J connectivity index is 1.80. The molecule has 1 saturated carbocycles. The van der Waals surface area contributed by atoms with E-state index in [0.717, 1.165) is 18.4 Å². The van der Waals surface area contributed by atoms with Crippen LogP contribution in [-0.2, 0) is 10.3 Å². The molecule has 0 saturated heterocycles. The second-order valence-corrected chi connectivity index (χ2v) is 16.9. The predicted molar refractivity (Wildman–Crippen MR) is 142 cm³/mol. The molecule has 0 radical (unpaired) electrons. The number of aliphatic hydroxyl groups excluding tert-OH is 1. The van der Waals surface area contributed by atoms with Gasteiger partial charge in [0.25, 0.3) is 0 Å². The number of aliphatic hydroxyl groups is 1. The number of halogens is 1. The zero-order valence-electron chi connectivity index (χ0n) is 21.0. The quantitative estimate of drug-likeness (QED) is 0.206. The van der Waals surface area contributed by atoms with Crippen molar-refractivity contribution in [3.8, 4) is 0 Å². The molecular formula is C25H38ClN3O3SSi. The Kier molecular flexibility index (Phi) is 9.31. The second-order valence-electron chi connectivity index (χ2n) is 10.3. The number of anilines is 1. The van der Waals surface area contributed by atoms with Gasteiger partial charge >= 0.3 is 0 Å². The van der Waals surface area contributed by atoms with Gasteiger partial charge in [-0.05, 0) is 46.5 Å². The number of hydrogen-bond donors (Lipinski definition) is 2. The maximum Gasteiger partial charge on any atom is 0.208 e. The van der Waals surface area contributed by atoms with Crippen LogP contribution in [0.4, 0.5) is 5.82 Å². The number of aromatic nitrogens is 2. The lowest BCUT2D eigenvalue weighted by molar-refractivity contribution is 0.0941. The molecule has 34 heavy (non-hydrogen) atoms. The van der Waals surface area contributed by atoms with Gasteiger partial charge in [-0.3, -0.25) is 4.79 Å². The minimum atomic E-state index is -2.07. The minimum absolute atomic E-state index is 0.00840. The van der Waals surface area contributed by atoms with Gasteiger partial charge in [0.05, 0.1) is 16.5 Å². The van der Waals surface area contributed by atoms with E-state index >= 15 is 0 Å². The molecular weight excluding hydrogens is 486 g/mol. The summed E-state index contributed by atoms with van der Waals surface area (Å²) >= 11 is 7.29. The van der Waals surface area contributed by atoms with Gasteiger partial charge in [0.1, 0.15) is 12.1 Å². The lowest BCUT2D eigenvalue weighted by atomic mass is 10.1. The van der Waals surface area contributed by atoms with Gasteiger partial charge in [-0.2, -0.15) is 0 Å². The Morgan fingerprint density at radius 1 is 1.24 bits per heavy atom. The van der Waals surface area contributed by atoms with Crippen LogP contribution in [0.2, 0.25) is 16.6 Å². The fraction of sp³-hybridized carbons (Fsp3) is 0.640. The van der Waals surface area contributed by atoms with E-state index in [0.29, 0.717) is 38.8 Å². The summed E-state index contributed by atoms with van der Waals surface area (Å²) in [5.41, 5.74) is 2.82. The first-order valence-corrected chi connectivity index (χ1v) is 15.7. The van der Waals surface area contributed by atoms with E-state index in [2.05, 4.69) is 56.8 Å². The van der Waals surface area contributed by atoms with Crippen LogP contribution in [0.15, 0.2) is 24.0 Å². The molecule has 2 N–H and O–H groups in total. The molecule has 9 heteroatoms. The van der Waals surface area contributed by atoms with E-state index in [1.807, 2.05) is 11.4 Å². The molecule has 2 aromatic rings. The maximum absolute atomic E-state index is 13.2. The molecule has 1 fully saturated rings. The standard InChI is InChI=1S/C25H38ClN3O3SSi/c1-15(2)34(16(3)4,17(5)6)32-22-9-20(8-19(22)12-30)29-25-21(11-27-14-28-25)24(31)23-7-18(10-26)13-33-23/h7,11,13-17,19-20,22,30H,8-10,12H2,1-6H3,(H,27,28,29)/t19-,20-,22+/m1/s1. The number of ketones is 1. The largest absolute Gasteiger partial charge is 0.413 e. The molecule has 2 aromatic heterocycles. The Bertz CT molecular complexity index is 947. The van der Waals surface area contributed by atoms with Gasteiger partial charge in [-0.15, -0.1) is 22.9 Å². The number of thiophene rings is 1. The van der Waals surface area contributed by atoms with E-state index in [1.165, 1.54) is 17.7 Å². The summed E-state index contributed by atoms with van der Waals surface area (Å²) < 4.78 is 7.05. The van der Waals surface area contributed by atoms with Gasteiger partial charge in [0, 0.05) is 30.6 Å². The van der Waals surface area contributed by atoms with Crippen molar-refractivity contribution in [2.24, 2.45) is 5.92 Å². The molecule has 6 nitrogen and oxygen atoms in total. The molecule has 0 bridgehead atoms.